The number of carbonyl (C=O) groups is 1. The van der Waals surface area contributed by atoms with Crippen molar-refractivity contribution in [2.45, 2.75) is 24.9 Å². The highest BCUT2D eigenvalue weighted by molar-refractivity contribution is 7.91. The fourth-order valence-corrected chi connectivity index (χ4v) is 3.59. The van der Waals surface area contributed by atoms with Crippen molar-refractivity contribution in [3.8, 4) is 0 Å². The van der Waals surface area contributed by atoms with Crippen molar-refractivity contribution in [1.29, 1.82) is 0 Å². The lowest BCUT2D eigenvalue weighted by molar-refractivity contribution is -0.497. The summed E-state index contributed by atoms with van der Waals surface area (Å²) in [6.07, 6.45) is 0.669. The third-order valence-electron chi connectivity index (χ3n) is 2.94. The Labute approximate surface area is 92.3 Å². The number of hydrogen-bond acceptors (Lipinski definition) is 5. The van der Waals surface area contributed by atoms with Gasteiger partial charge in [0.1, 0.15) is 5.92 Å². The van der Waals surface area contributed by atoms with Crippen molar-refractivity contribution in [3.05, 3.63) is 10.1 Å². The van der Waals surface area contributed by atoms with Gasteiger partial charge in [-0.25, -0.2) is 8.42 Å². The molecule has 1 aliphatic carbocycles. The zero-order chi connectivity index (χ0) is 11.9. The molecule has 0 unspecified atom stereocenters. The molecule has 0 spiro atoms. The van der Waals surface area contributed by atoms with Gasteiger partial charge in [-0.15, -0.1) is 0 Å². The normalized spacial score (nSPS) is 35.6. The highest BCUT2D eigenvalue weighted by Gasteiger charge is 2.53. The van der Waals surface area contributed by atoms with Gasteiger partial charge in [0, 0.05) is 17.4 Å². The molecule has 1 N–H and O–H groups in total. The van der Waals surface area contributed by atoms with E-state index in [2.05, 4.69) is 5.32 Å². The van der Waals surface area contributed by atoms with Crippen LogP contribution in [0.15, 0.2) is 0 Å². The van der Waals surface area contributed by atoms with E-state index in [0.29, 0.717) is 6.42 Å². The molecule has 1 saturated carbocycles. The van der Waals surface area contributed by atoms with Crippen LogP contribution < -0.4 is 5.32 Å². The topological polar surface area (TPSA) is 106 Å². The quantitative estimate of drug-likeness (QED) is 0.507. The Morgan fingerprint density at radius 2 is 2.12 bits per heavy atom. The van der Waals surface area contributed by atoms with Crippen LogP contribution in [0.1, 0.15) is 12.8 Å². The lowest BCUT2D eigenvalue weighted by Gasteiger charge is -2.09. The second-order valence-electron chi connectivity index (χ2n) is 4.30. The van der Waals surface area contributed by atoms with Gasteiger partial charge in [0.25, 0.3) is 0 Å². The Hall–Kier alpha value is -1.18. The molecule has 2 fully saturated rings. The minimum Gasteiger partial charge on any atom is -0.352 e. The van der Waals surface area contributed by atoms with Crippen LogP contribution in [0, 0.1) is 16.0 Å². The molecule has 2 aliphatic rings. The molecule has 1 heterocycles. The summed E-state index contributed by atoms with van der Waals surface area (Å²) in [5.41, 5.74) is 0. The number of amides is 1. The number of carbonyl (C=O) groups excluding carboxylic acids is 1. The van der Waals surface area contributed by atoms with Gasteiger partial charge in [0.05, 0.1) is 11.5 Å². The maximum absolute atomic E-state index is 11.5. The Morgan fingerprint density at radius 1 is 1.44 bits per heavy atom. The molecule has 1 amide bonds. The first-order chi connectivity index (χ1) is 7.39. The predicted octanol–water partition coefficient (Wildman–Crippen LogP) is -1.05. The summed E-state index contributed by atoms with van der Waals surface area (Å²) in [5, 5.41) is 12.9. The van der Waals surface area contributed by atoms with Crippen molar-refractivity contribution in [2.75, 3.05) is 11.5 Å². The second-order valence-corrected chi connectivity index (χ2v) is 6.53. The molecule has 0 bridgehead atoms. The molecule has 0 aromatic heterocycles. The molecular weight excluding hydrogens is 236 g/mol. The number of rotatable bonds is 3. The lowest BCUT2D eigenvalue weighted by Crippen LogP contribution is -2.37. The number of nitrogens with zero attached hydrogens (tertiary/aromatic N) is 1. The van der Waals surface area contributed by atoms with E-state index in [9.17, 15) is 23.3 Å². The van der Waals surface area contributed by atoms with Crippen molar-refractivity contribution in [1.82, 2.24) is 5.32 Å². The maximum atomic E-state index is 11.5. The highest BCUT2D eigenvalue weighted by Crippen LogP contribution is 2.33. The average Bonchev–Trinajstić information content (AvgIpc) is 2.87. The van der Waals surface area contributed by atoms with Crippen LogP contribution in [-0.2, 0) is 14.6 Å². The van der Waals surface area contributed by atoms with Gasteiger partial charge in [-0.2, -0.15) is 0 Å². The van der Waals surface area contributed by atoms with E-state index in [1.54, 1.807) is 0 Å². The van der Waals surface area contributed by atoms with Gasteiger partial charge >= 0.3 is 0 Å². The van der Waals surface area contributed by atoms with Gasteiger partial charge < -0.3 is 5.32 Å². The molecule has 0 radical (unpaired) electrons. The van der Waals surface area contributed by atoms with E-state index in [0.717, 1.165) is 0 Å². The van der Waals surface area contributed by atoms with Gasteiger partial charge in [-0.05, 0) is 6.42 Å². The van der Waals surface area contributed by atoms with Crippen molar-refractivity contribution < 1.29 is 18.1 Å². The van der Waals surface area contributed by atoms with Crippen LogP contribution in [0.25, 0.3) is 0 Å². The predicted molar refractivity (Wildman–Crippen MR) is 54.1 cm³/mol. The second kappa shape index (κ2) is 3.69. The number of hydrogen-bond donors (Lipinski definition) is 1. The summed E-state index contributed by atoms with van der Waals surface area (Å²) in [4.78, 5) is 21.4. The van der Waals surface area contributed by atoms with Crippen LogP contribution >= 0.6 is 0 Å². The van der Waals surface area contributed by atoms with Gasteiger partial charge in [0.2, 0.25) is 11.9 Å². The monoisotopic (exact) mass is 248 g/mol. The Balaban J connectivity index is 1.84. The zero-order valence-corrected chi connectivity index (χ0v) is 9.27. The average molecular weight is 248 g/mol. The molecule has 2 rings (SSSR count). The van der Waals surface area contributed by atoms with Crippen molar-refractivity contribution in [2.24, 2.45) is 5.92 Å². The van der Waals surface area contributed by atoms with Crippen molar-refractivity contribution in [3.63, 3.8) is 0 Å². The molecular formula is C8H12N2O5S. The smallest absolute Gasteiger partial charge is 0.230 e. The standard InChI is InChI=1S/C8H12N2O5S/c11-8(6-3-7(6)10(12)13)9-5-1-2-16(14,15)4-5/h5-7H,1-4H2,(H,9,11)/t5-,6+,7-/m1/s1. The minimum atomic E-state index is -3.02. The van der Waals surface area contributed by atoms with Crippen molar-refractivity contribution >= 4 is 15.7 Å². The summed E-state index contributed by atoms with van der Waals surface area (Å²) < 4.78 is 22.2. The summed E-state index contributed by atoms with van der Waals surface area (Å²) in [5.74, 6) is -0.919. The fourth-order valence-electron chi connectivity index (χ4n) is 1.91. The molecule has 1 aliphatic heterocycles. The fraction of sp³-hybridized carbons (Fsp3) is 0.875. The summed E-state index contributed by atoms with van der Waals surface area (Å²) in [6, 6.07) is -1.15. The summed E-state index contributed by atoms with van der Waals surface area (Å²) in [7, 11) is -3.02. The van der Waals surface area contributed by atoms with E-state index in [1.165, 1.54) is 0 Å². The third kappa shape index (κ3) is 2.31. The summed E-state index contributed by atoms with van der Waals surface area (Å²) in [6.45, 7) is 0. The largest absolute Gasteiger partial charge is 0.352 e. The molecule has 16 heavy (non-hydrogen) atoms. The third-order valence-corrected chi connectivity index (χ3v) is 4.71. The zero-order valence-electron chi connectivity index (χ0n) is 8.46. The maximum Gasteiger partial charge on any atom is 0.230 e. The van der Waals surface area contributed by atoms with Crippen LogP contribution in [-0.4, -0.2) is 42.8 Å². The van der Waals surface area contributed by atoms with Gasteiger partial charge in [0.15, 0.2) is 9.84 Å². The highest BCUT2D eigenvalue weighted by atomic mass is 32.2. The van der Waals surface area contributed by atoms with E-state index < -0.39 is 26.7 Å². The molecule has 0 aromatic carbocycles. The number of sulfone groups is 1. The van der Waals surface area contributed by atoms with Gasteiger partial charge in [-0.3, -0.25) is 14.9 Å². The number of nitrogens with one attached hydrogen (secondary N) is 1. The van der Waals surface area contributed by atoms with E-state index in [1.807, 2.05) is 0 Å². The number of nitro groups is 1. The molecule has 90 valence electrons. The van der Waals surface area contributed by atoms with E-state index in [4.69, 9.17) is 0 Å². The lowest BCUT2D eigenvalue weighted by atomic mass is 10.2. The van der Waals surface area contributed by atoms with Crippen LogP contribution in [0.2, 0.25) is 0 Å². The van der Waals surface area contributed by atoms with Crippen LogP contribution in [0.4, 0.5) is 0 Å². The van der Waals surface area contributed by atoms with Crippen LogP contribution in [0.5, 0.6) is 0 Å². The SMILES string of the molecule is O=C(N[C@@H]1CCS(=O)(=O)C1)[C@H]1C[C@H]1[N+](=O)[O-]. The molecule has 7 nitrogen and oxygen atoms in total. The molecule has 8 heteroatoms. The molecule has 0 aromatic rings. The molecule has 3 atom stereocenters. The first-order valence-electron chi connectivity index (χ1n) is 5.03. The van der Waals surface area contributed by atoms with Crippen LogP contribution in [0.3, 0.4) is 0 Å². The first kappa shape index (κ1) is 11.3. The van der Waals surface area contributed by atoms with E-state index in [-0.39, 0.29) is 29.9 Å². The summed E-state index contributed by atoms with van der Waals surface area (Å²) >= 11 is 0. The Morgan fingerprint density at radius 3 is 2.56 bits per heavy atom. The Kier molecular flexibility index (Phi) is 2.61. The molecule has 1 saturated heterocycles. The Bertz CT molecular complexity index is 432. The van der Waals surface area contributed by atoms with E-state index >= 15 is 0 Å². The minimum absolute atomic E-state index is 0.0470. The van der Waals surface area contributed by atoms with Gasteiger partial charge in [-0.1, -0.05) is 0 Å². The first-order valence-corrected chi connectivity index (χ1v) is 6.85.